The molecule has 88 valence electrons. The molecule has 0 amide bonds. The lowest BCUT2D eigenvalue weighted by Gasteiger charge is -2.04. The fraction of sp³-hybridized carbons (Fsp3) is 0.0833. The number of aliphatic hydroxyl groups is 1. The summed E-state index contributed by atoms with van der Waals surface area (Å²) >= 11 is 11.7. The van der Waals surface area contributed by atoms with Gasteiger partial charge in [0.15, 0.2) is 0 Å². The van der Waals surface area contributed by atoms with Gasteiger partial charge < -0.3 is 10.1 Å². The van der Waals surface area contributed by atoms with Crippen molar-refractivity contribution >= 4 is 23.2 Å². The van der Waals surface area contributed by atoms with Crippen molar-refractivity contribution in [3.05, 3.63) is 56.4 Å². The van der Waals surface area contributed by atoms with E-state index in [2.05, 4.69) is 4.98 Å². The number of halogens is 2. The molecule has 1 heterocycles. The lowest BCUT2D eigenvalue weighted by Crippen LogP contribution is -2.11. The van der Waals surface area contributed by atoms with E-state index in [-0.39, 0.29) is 12.2 Å². The summed E-state index contributed by atoms with van der Waals surface area (Å²) in [5.41, 5.74) is 1.37. The molecule has 0 saturated heterocycles. The lowest BCUT2D eigenvalue weighted by atomic mass is 10.1. The average Bonchev–Trinajstić information content (AvgIpc) is 2.32. The molecule has 17 heavy (non-hydrogen) atoms. The minimum atomic E-state index is -0.269. The number of pyridine rings is 1. The van der Waals surface area contributed by atoms with E-state index in [9.17, 15) is 4.79 Å². The van der Waals surface area contributed by atoms with E-state index in [1.807, 2.05) is 0 Å². The highest BCUT2D eigenvalue weighted by Gasteiger charge is 2.06. The summed E-state index contributed by atoms with van der Waals surface area (Å²) in [5, 5.41) is 9.74. The van der Waals surface area contributed by atoms with E-state index in [0.717, 1.165) is 0 Å². The van der Waals surface area contributed by atoms with Gasteiger partial charge in [0.1, 0.15) is 0 Å². The summed E-state index contributed by atoms with van der Waals surface area (Å²) in [6.45, 7) is -0.198. The van der Waals surface area contributed by atoms with E-state index >= 15 is 0 Å². The third-order valence-electron chi connectivity index (χ3n) is 2.37. The van der Waals surface area contributed by atoms with Crippen LogP contribution in [0.3, 0.4) is 0 Å². The second-order valence-electron chi connectivity index (χ2n) is 3.51. The van der Waals surface area contributed by atoms with Crippen molar-refractivity contribution in [2.45, 2.75) is 6.61 Å². The maximum atomic E-state index is 11.8. The van der Waals surface area contributed by atoms with Crippen LogP contribution in [0.1, 0.15) is 5.69 Å². The van der Waals surface area contributed by atoms with E-state index in [4.69, 9.17) is 28.3 Å². The zero-order valence-corrected chi connectivity index (χ0v) is 10.2. The van der Waals surface area contributed by atoms with Crippen molar-refractivity contribution in [2.24, 2.45) is 0 Å². The van der Waals surface area contributed by atoms with Gasteiger partial charge in [-0.25, -0.2) is 0 Å². The van der Waals surface area contributed by atoms with Crippen LogP contribution in [-0.2, 0) is 6.61 Å². The minimum Gasteiger partial charge on any atom is -0.390 e. The molecule has 0 aliphatic heterocycles. The maximum Gasteiger partial charge on any atom is 0.256 e. The van der Waals surface area contributed by atoms with Gasteiger partial charge in [-0.15, -0.1) is 0 Å². The topological polar surface area (TPSA) is 53.1 Å². The van der Waals surface area contributed by atoms with Gasteiger partial charge in [0.05, 0.1) is 16.7 Å². The maximum absolute atomic E-state index is 11.8. The zero-order valence-electron chi connectivity index (χ0n) is 8.71. The number of benzene rings is 1. The number of hydrogen-bond donors (Lipinski definition) is 2. The Morgan fingerprint density at radius 3 is 2.47 bits per heavy atom. The molecule has 3 nitrogen and oxygen atoms in total. The first-order valence-corrected chi connectivity index (χ1v) is 5.66. The summed E-state index contributed by atoms with van der Waals surface area (Å²) < 4.78 is 0. The zero-order chi connectivity index (χ0) is 12.4. The van der Waals surface area contributed by atoms with Crippen molar-refractivity contribution in [3.63, 3.8) is 0 Å². The molecular formula is C12H9Cl2NO2. The molecule has 0 aliphatic carbocycles. The largest absolute Gasteiger partial charge is 0.390 e. The molecule has 1 aromatic heterocycles. The highest BCUT2D eigenvalue weighted by molar-refractivity contribution is 6.42. The number of hydrogen-bond acceptors (Lipinski definition) is 2. The second-order valence-corrected chi connectivity index (χ2v) is 4.33. The smallest absolute Gasteiger partial charge is 0.256 e. The van der Waals surface area contributed by atoms with Crippen molar-refractivity contribution in [1.29, 1.82) is 0 Å². The Hall–Kier alpha value is -1.29. The lowest BCUT2D eigenvalue weighted by molar-refractivity contribution is 0.276. The fourth-order valence-electron chi connectivity index (χ4n) is 1.50. The first-order chi connectivity index (χ1) is 8.11. The summed E-state index contributed by atoms with van der Waals surface area (Å²) in [7, 11) is 0. The molecule has 2 aromatic rings. The standard InChI is InChI=1S/C12H9Cl2NO2/c13-10-4-1-7(5-11(10)14)9-3-2-8(6-16)15-12(9)17/h1-5,16H,6H2,(H,15,17). The van der Waals surface area contributed by atoms with Crippen LogP contribution in [0.4, 0.5) is 0 Å². The Morgan fingerprint density at radius 2 is 1.88 bits per heavy atom. The molecule has 0 atom stereocenters. The van der Waals surface area contributed by atoms with Gasteiger partial charge in [-0.3, -0.25) is 4.79 Å². The monoisotopic (exact) mass is 269 g/mol. The van der Waals surface area contributed by atoms with Gasteiger partial charge in [-0.05, 0) is 29.8 Å². The molecule has 5 heteroatoms. The number of nitrogens with one attached hydrogen (secondary N) is 1. The van der Waals surface area contributed by atoms with Gasteiger partial charge in [0.25, 0.3) is 5.56 Å². The summed E-state index contributed by atoms with van der Waals surface area (Å²) in [5.74, 6) is 0. The molecule has 0 bridgehead atoms. The van der Waals surface area contributed by atoms with Crippen molar-refractivity contribution in [3.8, 4) is 11.1 Å². The van der Waals surface area contributed by atoms with Crippen molar-refractivity contribution < 1.29 is 5.11 Å². The Labute approximate surface area is 108 Å². The number of H-pyrrole nitrogens is 1. The quantitative estimate of drug-likeness (QED) is 0.881. The third-order valence-corrected chi connectivity index (χ3v) is 3.11. The normalized spacial score (nSPS) is 10.5. The number of rotatable bonds is 2. The SMILES string of the molecule is O=c1[nH]c(CO)ccc1-c1ccc(Cl)c(Cl)c1. The highest BCUT2D eigenvalue weighted by Crippen LogP contribution is 2.26. The highest BCUT2D eigenvalue weighted by atomic mass is 35.5. The Kier molecular flexibility index (Phi) is 3.52. The first kappa shape index (κ1) is 12.2. The molecule has 0 fully saturated rings. The molecule has 1 aromatic carbocycles. The van der Waals surface area contributed by atoms with Gasteiger partial charge in [0.2, 0.25) is 0 Å². The molecule has 0 aliphatic rings. The van der Waals surface area contributed by atoms with Crippen molar-refractivity contribution in [1.82, 2.24) is 4.98 Å². The van der Waals surface area contributed by atoms with Crippen molar-refractivity contribution in [2.75, 3.05) is 0 Å². The number of aliphatic hydroxyl groups excluding tert-OH is 1. The Balaban J connectivity index is 2.53. The summed E-state index contributed by atoms with van der Waals surface area (Å²) in [6.07, 6.45) is 0. The Morgan fingerprint density at radius 1 is 1.12 bits per heavy atom. The number of aromatic nitrogens is 1. The molecule has 2 N–H and O–H groups in total. The molecule has 0 unspecified atom stereocenters. The molecular weight excluding hydrogens is 261 g/mol. The van der Waals surface area contributed by atoms with Crippen LogP contribution in [0.25, 0.3) is 11.1 Å². The van der Waals surface area contributed by atoms with Crippen LogP contribution >= 0.6 is 23.2 Å². The predicted molar refractivity (Wildman–Crippen MR) is 68.4 cm³/mol. The molecule has 0 radical (unpaired) electrons. The average molecular weight is 270 g/mol. The second kappa shape index (κ2) is 4.92. The molecule has 0 saturated carbocycles. The fourth-order valence-corrected chi connectivity index (χ4v) is 1.80. The summed E-state index contributed by atoms with van der Waals surface area (Å²) in [6, 6.07) is 8.28. The third kappa shape index (κ3) is 2.52. The molecule has 2 rings (SSSR count). The van der Waals surface area contributed by atoms with Crippen LogP contribution in [-0.4, -0.2) is 10.1 Å². The van der Waals surface area contributed by atoms with E-state index in [1.54, 1.807) is 30.3 Å². The van der Waals surface area contributed by atoms with Crippen LogP contribution in [0.5, 0.6) is 0 Å². The first-order valence-electron chi connectivity index (χ1n) is 4.90. The minimum absolute atomic E-state index is 0.198. The van der Waals surface area contributed by atoms with Crippen LogP contribution in [0, 0.1) is 0 Å². The van der Waals surface area contributed by atoms with E-state index < -0.39 is 0 Å². The van der Waals surface area contributed by atoms with Crippen LogP contribution in [0.15, 0.2) is 35.1 Å². The van der Waals surface area contributed by atoms with E-state index in [1.165, 1.54) is 0 Å². The number of aromatic amines is 1. The predicted octanol–water partition coefficient (Wildman–Crippen LogP) is 2.84. The van der Waals surface area contributed by atoms with Crippen LogP contribution < -0.4 is 5.56 Å². The van der Waals surface area contributed by atoms with Gasteiger partial charge in [0, 0.05) is 11.3 Å². The van der Waals surface area contributed by atoms with Gasteiger partial charge >= 0.3 is 0 Å². The Bertz CT molecular complexity index is 608. The molecule has 0 spiro atoms. The van der Waals surface area contributed by atoms with Gasteiger partial charge in [-0.2, -0.15) is 0 Å². The summed E-state index contributed by atoms with van der Waals surface area (Å²) in [4.78, 5) is 14.3. The van der Waals surface area contributed by atoms with E-state index in [0.29, 0.717) is 26.9 Å². The van der Waals surface area contributed by atoms with Gasteiger partial charge in [-0.1, -0.05) is 29.3 Å². The van der Waals surface area contributed by atoms with Crippen LogP contribution in [0.2, 0.25) is 10.0 Å².